The fourth-order valence-corrected chi connectivity index (χ4v) is 2.73. The molecular formula is C17H18FN3O4. The van der Waals surface area contributed by atoms with E-state index in [0.717, 1.165) is 0 Å². The molecule has 2 heterocycles. The molecule has 0 radical (unpaired) electrons. The molecule has 1 unspecified atom stereocenters. The molecule has 0 spiro atoms. The maximum absolute atomic E-state index is 13.0. The van der Waals surface area contributed by atoms with Crippen LogP contribution in [0.1, 0.15) is 12.1 Å². The number of hydrogen-bond donors (Lipinski definition) is 1. The van der Waals surface area contributed by atoms with E-state index in [1.165, 1.54) is 25.5 Å². The van der Waals surface area contributed by atoms with Crippen molar-refractivity contribution in [1.29, 1.82) is 0 Å². The minimum atomic E-state index is -0.604. The molecule has 132 valence electrons. The predicted molar refractivity (Wildman–Crippen MR) is 85.7 cm³/mol. The summed E-state index contributed by atoms with van der Waals surface area (Å²) in [5, 5.41) is 2.75. The first-order valence-electron chi connectivity index (χ1n) is 7.85. The van der Waals surface area contributed by atoms with E-state index in [9.17, 15) is 14.0 Å². The highest BCUT2D eigenvalue weighted by Gasteiger charge is 2.32. The van der Waals surface area contributed by atoms with Crippen molar-refractivity contribution < 1.29 is 23.1 Å². The molecule has 25 heavy (non-hydrogen) atoms. The van der Waals surface area contributed by atoms with E-state index < -0.39 is 12.0 Å². The Labute approximate surface area is 143 Å². The number of carbonyl (C=O) groups is 2. The van der Waals surface area contributed by atoms with Crippen LogP contribution in [0.5, 0.6) is 0 Å². The summed E-state index contributed by atoms with van der Waals surface area (Å²) in [6, 6.07) is 5.23. The van der Waals surface area contributed by atoms with E-state index in [2.05, 4.69) is 15.0 Å². The monoisotopic (exact) mass is 347 g/mol. The van der Waals surface area contributed by atoms with Crippen LogP contribution in [-0.2, 0) is 20.9 Å². The molecular weight excluding hydrogens is 329 g/mol. The van der Waals surface area contributed by atoms with Crippen LogP contribution >= 0.6 is 0 Å². The van der Waals surface area contributed by atoms with Crippen LogP contribution in [0, 0.1) is 5.82 Å². The predicted octanol–water partition coefficient (Wildman–Crippen LogP) is 1.34. The molecule has 0 saturated carbocycles. The Morgan fingerprint density at radius 3 is 2.92 bits per heavy atom. The lowest BCUT2D eigenvalue weighted by molar-refractivity contribution is -0.146. The van der Waals surface area contributed by atoms with Gasteiger partial charge in [-0.15, -0.1) is 0 Å². The Morgan fingerprint density at radius 1 is 1.44 bits per heavy atom. The Bertz CT molecular complexity index is 760. The minimum Gasteiger partial charge on any atom is -0.469 e. The first-order chi connectivity index (χ1) is 12.1. The number of rotatable bonds is 5. The van der Waals surface area contributed by atoms with E-state index >= 15 is 0 Å². The number of hydrogen-bond acceptors (Lipinski definition) is 6. The Morgan fingerprint density at radius 2 is 2.20 bits per heavy atom. The van der Waals surface area contributed by atoms with Crippen molar-refractivity contribution in [3.63, 3.8) is 0 Å². The van der Waals surface area contributed by atoms with Gasteiger partial charge in [0.05, 0.1) is 19.2 Å². The van der Waals surface area contributed by atoms with Gasteiger partial charge in [-0.2, -0.15) is 0 Å². The van der Waals surface area contributed by atoms with Crippen LogP contribution in [-0.4, -0.2) is 48.0 Å². The first-order valence-corrected chi connectivity index (χ1v) is 7.85. The summed E-state index contributed by atoms with van der Waals surface area (Å²) in [5.74, 6) is -0.611. The molecule has 7 nitrogen and oxygen atoms in total. The summed E-state index contributed by atoms with van der Waals surface area (Å²) in [6.07, 6.45) is 1.48. The number of methoxy groups -OCH3 is 1. The number of piperazine rings is 1. The molecule has 2 aromatic rings. The van der Waals surface area contributed by atoms with Crippen molar-refractivity contribution in [3.05, 3.63) is 42.0 Å². The quantitative estimate of drug-likeness (QED) is 0.822. The summed E-state index contributed by atoms with van der Waals surface area (Å²) < 4.78 is 23.1. The molecule has 1 N–H and O–H groups in total. The van der Waals surface area contributed by atoms with Crippen molar-refractivity contribution in [2.75, 3.05) is 20.2 Å². The number of ether oxygens (including phenoxy) is 1. The lowest BCUT2D eigenvalue weighted by Gasteiger charge is -2.33. The van der Waals surface area contributed by atoms with E-state index in [1.807, 2.05) is 4.90 Å². The summed E-state index contributed by atoms with van der Waals surface area (Å²) >= 11 is 0. The number of amides is 1. The van der Waals surface area contributed by atoms with Crippen molar-refractivity contribution in [2.45, 2.75) is 19.0 Å². The third kappa shape index (κ3) is 4.03. The van der Waals surface area contributed by atoms with Gasteiger partial charge in [0.15, 0.2) is 0 Å². The van der Waals surface area contributed by atoms with Gasteiger partial charge in [0.25, 0.3) is 0 Å². The molecule has 1 aliphatic heterocycles. The number of aromatic nitrogens is 1. The van der Waals surface area contributed by atoms with Crippen LogP contribution in [0.3, 0.4) is 0 Å². The maximum atomic E-state index is 13.0. The zero-order valence-corrected chi connectivity index (χ0v) is 13.7. The highest BCUT2D eigenvalue weighted by atomic mass is 19.1. The second-order valence-corrected chi connectivity index (χ2v) is 5.71. The number of benzene rings is 1. The molecule has 0 aliphatic carbocycles. The second kappa shape index (κ2) is 7.43. The highest BCUT2D eigenvalue weighted by Crippen LogP contribution is 2.21. The summed E-state index contributed by atoms with van der Waals surface area (Å²) in [5.41, 5.74) is 1.29. The van der Waals surface area contributed by atoms with Gasteiger partial charge >= 0.3 is 5.97 Å². The van der Waals surface area contributed by atoms with E-state index in [4.69, 9.17) is 4.42 Å². The lowest BCUT2D eigenvalue weighted by atomic mass is 10.1. The summed E-state index contributed by atoms with van der Waals surface area (Å²) in [7, 11) is 1.29. The molecule has 1 aliphatic rings. The SMILES string of the molecule is COC(=O)CC1C(=O)NCCN1Cc1coc(-c2ccc(F)cc2)n1. The van der Waals surface area contributed by atoms with Gasteiger partial charge < -0.3 is 14.5 Å². The fraction of sp³-hybridized carbons (Fsp3) is 0.353. The molecule has 1 fully saturated rings. The molecule has 3 rings (SSSR count). The topological polar surface area (TPSA) is 84.7 Å². The molecule has 1 atom stereocenters. The van der Waals surface area contributed by atoms with Crippen molar-refractivity contribution in [3.8, 4) is 11.5 Å². The first kappa shape index (κ1) is 17.1. The zero-order chi connectivity index (χ0) is 17.8. The van der Waals surface area contributed by atoms with E-state index in [-0.39, 0.29) is 18.1 Å². The van der Waals surface area contributed by atoms with Crippen LogP contribution in [0.25, 0.3) is 11.5 Å². The number of esters is 1. The molecule has 1 aromatic carbocycles. The Hall–Kier alpha value is -2.74. The second-order valence-electron chi connectivity index (χ2n) is 5.71. The van der Waals surface area contributed by atoms with Gasteiger partial charge in [-0.05, 0) is 24.3 Å². The number of carbonyl (C=O) groups excluding carboxylic acids is 2. The Balaban J connectivity index is 1.73. The van der Waals surface area contributed by atoms with Crippen molar-refractivity contribution >= 4 is 11.9 Å². The Kier molecular flexibility index (Phi) is 5.08. The lowest BCUT2D eigenvalue weighted by Crippen LogP contribution is -2.55. The largest absolute Gasteiger partial charge is 0.469 e. The smallest absolute Gasteiger partial charge is 0.307 e. The van der Waals surface area contributed by atoms with Crippen LogP contribution in [0.2, 0.25) is 0 Å². The number of halogens is 1. The van der Waals surface area contributed by atoms with Gasteiger partial charge in [0, 0.05) is 25.2 Å². The average molecular weight is 347 g/mol. The molecule has 1 amide bonds. The molecule has 1 aromatic heterocycles. The van der Waals surface area contributed by atoms with Gasteiger partial charge in [-0.1, -0.05) is 0 Å². The molecule has 8 heteroatoms. The highest BCUT2D eigenvalue weighted by molar-refractivity contribution is 5.87. The van der Waals surface area contributed by atoms with Crippen molar-refractivity contribution in [1.82, 2.24) is 15.2 Å². The van der Waals surface area contributed by atoms with Gasteiger partial charge in [-0.3, -0.25) is 14.5 Å². The van der Waals surface area contributed by atoms with Gasteiger partial charge in [0.1, 0.15) is 18.1 Å². The van der Waals surface area contributed by atoms with Crippen LogP contribution in [0.15, 0.2) is 34.9 Å². The summed E-state index contributed by atoms with van der Waals surface area (Å²) in [6.45, 7) is 1.45. The van der Waals surface area contributed by atoms with Gasteiger partial charge in [-0.25, -0.2) is 9.37 Å². The van der Waals surface area contributed by atoms with Crippen molar-refractivity contribution in [2.24, 2.45) is 0 Å². The third-order valence-electron chi connectivity index (χ3n) is 4.04. The minimum absolute atomic E-state index is 0.0228. The zero-order valence-electron chi connectivity index (χ0n) is 13.7. The molecule has 1 saturated heterocycles. The number of nitrogens with one attached hydrogen (secondary N) is 1. The van der Waals surface area contributed by atoms with Crippen LogP contribution < -0.4 is 5.32 Å². The van der Waals surface area contributed by atoms with Crippen LogP contribution in [0.4, 0.5) is 4.39 Å². The maximum Gasteiger partial charge on any atom is 0.307 e. The fourth-order valence-electron chi connectivity index (χ4n) is 2.73. The molecule has 0 bridgehead atoms. The third-order valence-corrected chi connectivity index (χ3v) is 4.04. The summed E-state index contributed by atoms with van der Waals surface area (Å²) in [4.78, 5) is 29.9. The normalized spacial score (nSPS) is 18.0. The van der Waals surface area contributed by atoms with E-state index in [1.54, 1.807) is 12.1 Å². The number of oxazole rings is 1. The average Bonchev–Trinajstić information content (AvgIpc) is 3.07. The van der Waals surface area contributed by atoms with E-state index in [0.29, 0.717) is 36.8 Å². The number of nitrogens with zero attached hydrogens (tertiary/aromatic N) is 2. The standard InChI is InChI=1S/C17H18FN3O4/c1-24-15(22)8-14-16(23)19-6-7-21(14)9-13-10-25-17(20-13)11-2-4-12(18)5-3-11/h2-5,10,14H,6-9H2,1H3,(H,19,23). The van der Waals surface area contributed by atoms with Gasteiger partial charge in [0.2, 0.25) is 11.8 Å².